The largest absolute Gasteiger partial charge is 0.462 e. The van der Waals surface area contributed by atoms with Gasteiger partial charge in [-0.05, 0) is 56.4 Å². The van der Waals surface area contributed by atoms with Crippen molar-refractivity contribution in [3.63, 3.8) is 0 Å². The topological polar surface area (TPSA) is 72.6 Å². The first-order valence-electron chi connectivity index (χ1n) is 12.9. The predicted octanol–water partition coefficient (Wildman–Crippen LogP) is 6.90. The molecule has 198 valence electrons. The Morgan fingerprint density at radius 1 is 1.11 bits per heavy atom. The maximum atomic E-state index is 13.1. The summed E-state index contributed by atoms with van der Waals surface area (Å²) in [6.07, 6.45) is 6.10. The zero-order valence-electron chi connectivity index (χ0n) is 21.6. The molecule has 2 aliphatic heterocycles. The van der Waals surface area contributed by atoms with Crippen LogP contribution in [-0.2, 0) is 24.2 Å². The Morgan fingerprint density at radius 2 is 1.89 bits per heavy atom. The van der Waals surface area contributed by atoms with Gasteiger partial charge in [0.05, 0.1) is 22.2 Å². The standard InChI is InChI=1S/C25H20Cl2N2O3.C5H10O/c1-13-4-3-5-17-22(14(2)30)19-11-29(7-6-21(19)28-23(13)17)10-15-12-32-25-18(24(15)31)8-16(26)9-20(25)27;1-2-4-6-5-3-1/h3-5,8-9,12H,6-7,10-11H2,1-2H3;1-5H2. The van der Waals surface area contributed by atoms with E-state index >= 15 is 0 Å². The molecule has 0 saturated carbocycles. The number of benzene rings is 2. The van der Waals surface area contributed by atoms with E-state index in [0.29, 0.717) is 46.1 Å². The Morgan fingerprint density at radius 3 is 2.58 bits per heavy atom. The molecule has 38 heavy (non-hydrogen) atoms. The lowest BCUT2D eigenvalue weighted by Crippen LogP contribution is -2.33. The molecule has 4 heterocycles. The molecule has 0 aliphatic carbocycles. The van der Waals surface area contributed by atoms with E-state index in [0.717, 1.165) is 53.0 Å². The summed E-state index contributed by atoms with van der Waals surface area (Å²) in [7, 11) is 0. The molecular weight excluding hydrogens is 523 g/mol. The molecular formula is C30H30Cl2N2O4. The molecule has 2 aliphatic rings. The van der Waals surface area contributed by atoms with Gasteiger partial charge in [-0.25, -0.2) is 0 Å². The van der Waals surface area contributed by atoms with Crippen LogP contribution in [0.25, 0.3) is 21.9 Å². The van der Waals surface area contributed by atoms with Gasteiger partial charge in [-0.1, -0.05) is 41.4 Å². The predicted molar refractivity (Wildman–Crippen MR) is 151 cm³/mol. The summed E-state index contributed by atoms with van der Waals surface area (Å²) in [5.74, 6) is 0.0237. The van der Waals surface area contributed by atoms with Crippen LogP contribution in [0.5, 0.6) is 0 Å². The molecule has 1 saturated heterocycles. The maximum absolute atomic E-state index is 13.1. The number of aromatic nitrogens is 1. The fourth-order valence-electron chi connectivity index (χ4n) is 5.24. The smallest absolute Gasteiger partial charge is 0.197 e. The fourth-order valence-corrected chi connectivity index (χ4v) is 5.78. The Labute approximate surface area is 231 Å². The first-order chi connectivity index (χ1) is 18.3. The zero-order chi connectivity index (χ0) is 26.8. The molecule has 0 bridgehead atoms. The molecule has 0 unspecified atom stereocenters. The second-order valence-electron chi connectivity index (χ2n) is 9.93. The lowest BCUT2D eigenvalue weighted by atomic mass is 9.92. The van der Waals surface area contributed by atoms with Gasteiger partial charge in [-0.3, -0.25) is 19.5 Å². The Hall–Kier alpha value is -2.77. The molecule has 4 aromatic rings. The van der Waals surface area contributed by atoms with Crippen molar-refractivity contribution >= 4 is 50.9 Å². The summed E-state index contributed by atoms with van der Waals surface area (Å²) in [4.78, 5) is 32.7. The van der Waals surface area contributed by atoms with Gasteiger partial charge in [0.25, 0.3) is 0 Å². The number of rotatable bonds is 3. The molecule has 0 spiro atoms. The normalized spacial score (nSPS) is 15.7. The first-order valence-corrected chi connectivity index (χ1v) is 13.7. The minimum atomic E-state index is -0.152. The zero-order valence-corrected chi connectivity index (χ0v) is 23.1. The number of para-hydroxylation sites is 1. The van der Waals surface area contributed by atoms with Crippen molar-refractivity contribution in [1.29, 1.82) is 0 Å². The van der Waals surface area contributed by atoms with Crippen molar-refractivity contribution in [3.05, 3.63) is 84.8 Å². The number of hydrogen-bond acceptors (Lipinski definition) is 6. The third-order valence-corrected chi connectivity index (χ3v) is 7.64. The average molecular weight is 553 g/mol. The minimum Gasteiger partial charge on any atom is -0.462 e. The number of nitrogens with zero attached hydrogens (tertiary/aromatic N) is 2. The number of halogens is 2. The van der Waals surface area contributed by atoms with Crippen molar-refractivity contribution in [2.75, 3.05) is 19.8 Å². The number of hydrogen-bond donors (Lipinski definition) is 0. The van der Waals surface area contributed by atoms with Gasteiger partial charge in [0, 0.05) is 66.5 Å². The monoisotopic (exact) mass is 552 g/mol. The highest BCUT2D eigenvalue weighted by molar-refractivity contribution is 6.38. The van der Waals surface area contributed by atoms with E-state index in [1.807, 2.05) is 25.1 Å². The third-order valence-electron chi connectivity index (χ3n) is 7.14. The number of fused-ring (bicyclic) bond motifs is 3. The van der Waals surface area contributed by atoms with Gasteiger partial charge in [0.2, 0.25) is 0 Å². The van der Waals surface area contributed by atoms with Crippen LogP contribution in [-0.4, -0.2) is 35.4 Å². The van der Waals surface area contributed by atoms with Crippen molar-refractivity contribution in [2.24, 2.45) is 0 Å². The first kappa shape index (κ1) is 26.8. The molecule has 0 N–H and O–H groups in total. The molecule has 2 aromatic heterocycles. The highest BCUT2D eigenvalue weighted by Crippen LogP contribution is 2.31. The number of aryl methyl sites for hydroxylation is 1. The van der Waals surface area contributed by atoms with Gasteiger partial charge in [0.1, 0.15) is 0 Å². The maximum Gasteiger partial charge on any atom is 0.197 e. The summed E-state index contributed by atoms with van der Waals surface area (Å²) in [5.41, 5.74) is 5.26. The number of carbonyl (C=O) groups is 1. The molecule has 8 heteroatoms. The summed E-state index contributed by atoms with van der Waals surface area (Å²) < 4.78 is 10.7. The second kappa shape index (κ2) is 11.5. The van der Waals surface area contributed by atoms with Crippen LogP contribution in [0.15, 0.2) is 45.8 Å². The van der Waals surface area contributed by atoms with E-state index in [1.165, 1.54) is 25.5 Å². The van der Waals surface area contributed by atoms with Crippen LogP contribution >= 0.6 is 23.2 Å². The highest BCUT2D eigenvalue weighted by atomic mass is 35.5. The van der Waals surface area contributed by atoms with Crippen LogP contribution in [0.4, 0.5) is 0 Å². The molecule has 0 radical (unpaired) electrons. The van der Waals surface area contributed by atoms with Crippen LogP contribution in [0, 0.1) is 6.92 Å². The molecule has 2 aromatic carbocycles. The molecule has 0 amide bonds. The Bertz CT molecular complexity index is 1570. The number of ketones is 1. The van der Waals surface area contributed by atoms with E-state index in [4.69, 9.17) is 37.3 Å². The van der Waals surface area contributed by atoms with Crippen molar-refractivity contribution in [2.45, 2.75) is 52.6 Å². The summed E-state index contributed by atoms with van der Waals surface area (Å²) in [5, 5.41) is 1.94. The number of ether oxygens (including phenoxy) is 1. The van der Waals surface area contributed by atoms with Crippen molar-refractivity contribution in [3.8, 4) is 0 Å². The fraction of sp³-hybridized carbons (Fsp3) is 0.367. The SMILES string of the molecule is C1CCOCC1.CC(=O)c1c2c(nc3c(C)cccc13)CCN(Cc1coc3c(Cl)cc(Cl)cc3c1=O)C2. The van der Waals surface area contributed by atoms with Crippen molar-refractivity contribution < 1.29 is 13.9 Å². The van der Waals surface area contributed by atoms with E-state index < -0.39 is 0 Å². The van der Waals surface area contributed by atoms with Gasteiger partial charge >= 0.3 is 0 Å². The van der Waals surface area contributed by atoms with E-state index in [2.05, 4.69) is 4.90 Å². The highest BCUT2D eigenvalue weighted by Gasteiger charge is 2.25. The Balaban J connectivity index is 0.000000433. The van der Waals surface area contributed by atoms with Gasteiger partial charge < -0.3 is 9.15 Å². The summed E-state index contributed by atoms with van der Waals surface area (Å²) in [6.45, 7) is 7.27. The van der Waals surface area contributed by atoms with Crippen molar-refractivity contribution in [1.82, 2.24) is 9.88 Å². The molecule has 6 nitrogen and oxygen atoms in total. The molecule has 1 fully saturated rings. The number of Topliss-reactive ketones (excluding diaryl/α,β-unsaturated/α-hetero) is 1. The third kappa shape index (κ3) is 5.50. The summed E-state index contributed by atoms with van der Waals surface area (Å²) in [6, 6.07) is 9.05. The minimum absolute atomic E-state index is 0.0237. The van der Waals surface area contributed by atoms with E-state index in [-0.39, 0.29) is 11.2 Å². The Kier molecular flexibility index (Phi) is 8.15. The van der Waals surface area contributed by atoms with E-state index in [1.54, 1.807) is 19.1 Å². The summed E-state index contributed by atoms with van der Waals surface area (Å²) >= 11 is 12.3. The van der Waals surface area contributed by atoms with Crippen LogP contribution in [0.1, 0.15) is 58.9 Å². The number of carbonyl (C=O) groups excluding carboxylic acids is 1. The van der Waals surface area contributed by atoms with Gasteiger partial charge in [-0.2, -0.15) is 0 Å². The van der Waals surface area contributed by atoms with Crippen LogP contribution in [0.3, 0.4) is 0 Å². The lowest BCUT2D eigenvalue weighted by molar-refractivity contribution is 0.0968. The van der Waals surface area contributed by atoms with Gasteiger partial charge in [0.15, 0.2) is 16.8 Å². The molecule has 0 atom stereocenters. The van der Waals surface area contributed by atoms with Crippen LogP contribution in [0.2, 0.25) is 10.0 Å². The van der Waals surface area contributed by atoms with Crippen LogP contribution < -0.4 is 5.43 Å². The van der Waals surface area contributed by atoms with E-state index in [9.17, 15) is 9.59 Å². The second-order valence-corrected chi connectivity index (χ2v) is 10.8. The van der Waals surface area contributed by atoms with Gasteiger partial charge in [-0.15, -0.1) is 0 Å². The quantitative estimate of drug-likeness (QED) is 0.257. The lowest BCUT2D eigenvalue weighted by Gasteiger charge is -2.30. The average Bonchev–Trinajstić information content (AvgIpc) is 2.91. The number of pyridine rings is 1. The molecule has 6 rings (SSSR count).